The second-order valence-corrected chi connectivity index (χ2v) is 4.99. The molecule has 98 valence electrons. The van der Waals surface area contributed by atoms with E-state index in [9.17, 15) is 14.7 Å². The molecule has 1 aliphatic heterocycles. The lowest BCUT2D eigenvalue weighted by molar-refractivity contribution is -0.150. The molecule has 2 heterocycles. The Kier molecular flexibility index (Phi) is 3.11. The molecule has 0 aromatic carbocycles. The Bertz CT molecular complexity index is 482. The van der Waals surface area contributed by atoms with E-state index in [0.29, 0.717) is 30.7 Å². The molecule has 2 rings (SSSR count). The van der Waals surface area contributed by atoms with Gasteiger partial charge in [-0.25, -0.2) is 0 Å². The summed E-state index contributed by atoms with van der Waals surface area (Å²) in [6, 6.07) is 0. The monoisotopic (exact) mass is 252 g/mol. The maximum absolute atomic E-state index is 12.2. The zero-order valence-electron chi connectivity index (χ0n) is 10.5. The number of nitrogens with zero attached hydrogens (tertiary/aromatic N) is 2. The zero-order valence-corrected chi connectivity index (χ0v) is 10.5. The lowest BCUT2D eigenvalue weighted by atomic mass is 9.82. The summed E-state index contributed by atoms with van der Waals surface area (Å²) in [6.45, 7) is 4.15. The number of carboxylic acids is 1. The number of piperidine rings is 1. The van der Waals surface area contributed by atoms with Gasteiger partial charge in [-0.05, 0) is 26.7 Å². The van der Waals surface area contributed by atoms with E-state index in [1.165, 1.54) is 6.20 Å². The molecule has 1 aromatic rings. The summed E-state index contributed by atoms with van der Waals surface area (Å²) in [5, 5.41) is 12.8. The Morgan fingerprint density at radius 3 is 2.83 bits per heavy atom. The summed E-state index contributed by atoms with van der Waals surface area (Å²) in [6.07, 6.45) is 2.66. The molecule has 0 saturated carbocycles. The van der Waals surface area contributed by atoms with E-state index in [2.05, 4.69) is 5.16 Å². The first-order chi connectivity index (χ1) is 8.44. The van der Waals surface area contributed by atoms with Gasteiger partial charge in [0.1, 0.15) is 11.3 Å². The third-order valence-corrected chi connectivity index (χ3v) is 3.48. The van der Waals surface area contributed by atoms with Gasteiger partial charge in [0, 0.05) is 13.1 Å². The minimum Gasteiger partial charge on any atom is -0.481 e. The Morgan fingerprint density at radius 1 is 1.56 bits per heavy atom. The Morgan fingerprint density at radius 2 is 2.28 bits per heavy atom. The number of likely N-dealkylation sites (tertiary alicyclic amines) is 1. The molecular weight excluding hydrogens is 236 g/mol. The van der Waals surface area contributed by atoms with Crippen molar-refractivity contribution >= 4 is 11.9 Å². The maximum Gasteiger partial charge on any atom is 0.311 e. The van der Waals surface area contributed by atoms with Crippen LogP contribution in [-0.4, -0.2) is 40.1 Å². The minimum atomic E-state index is -0.862. The number of carbonyl (C=O) groups excluding carboxylic acids is 1. The summed E-state index contributed by atoms with van der Waals surface area (Å²) in [7, 11) is 0. The molecule has 0 spiro atoms. The van der Waals surface area contributed by atoms with Crippen molar-refractivity contribution in [3.63, 3.8) is 0 Å². The summed E-state index contributed by atoms with van der Waals surface area (Å²) in [5.41, 5.74) is -0.455. The van der Waals surface area contributed by atoms with Gasteiger partial charge in [0.25, 0.3) is 5.91 Å². The zero-order chi connectivity index (χ0) is 13.3. The van der Waals surface area contributed by atoms with Crippen LogP contribution in [0.1, 0.15) is 35.9 Å². The Hall–Kier alpha value is -1.85. The minimum absolute atomic E-state index is 0.207. The van der Waals surface area contributed by atoms with Crippen LogP contribution in [0.2, 0.25) is 0 Å². The summed E-state index contributed by atoms with van der Waals surface area (Å²) >= 11 is 0. The first kappa shape index (κ1) is 12.6. The summed E-state index contributed by atoms with van der Waals surface area (Å²) in [5.74, 6) is -0.606. The number of amides is 1. The van der Waals surface area contributed by atoms with Crippen molar-refractivity contribution in [3.8, 4) is 0 Å². The van der Waals surface area contributed by atoms with E-state index in [1.54, 1.807) is 18.7 Å². The highest BCUT2D eigenvalue weighted by Gasteiger charge is 2.39. The van der Waals surface area contributed by atoms with Crippen LogP contribution in [0, 0.1) is 12.3 Å². The molecule has 6 heteroatoms. The first-order valence-corrected chi connectivity index (χ1v) is 5.88. The van der Waals surface area contributed by atoms with Gasteiger partial charge in [-0.3, -0.25) is 9.59 Å². The maximum atomic E-state index is 12.2. The molecule has 0 aliphatic carbocycles. The van der Waals surface area contributed by atoms with Gasteiger partial charge in [-0.15, -0.1) is 0 Å². The molecule has 1 saturated heterocycles. The van der Waals surface area contributed by atoms with Gasteiger partial charge in [0.15, 0.2) is 0 Å². The number of rotatable bonds is 2. The number of carboxylic acid groups (broad SMARTS) is 1. The van der Waals surface area contributed by atoms with E-state index in [1.807, 2.05) is 0 Å². The van der Waals surface area contributed by atoms with E-state index in [-0.39, 0.29) is 12.5 Å². The fraction of sp³-hybridized carbons (Fsp3) is 0.583. The van der Waals surface area contributed by atoms with Crippen molar-refractivity contribution in [2.45, 2.75) is 26.7 Å². The lowest BCUT2D eigenvalue weighted by Gasteiger charge is -2.37. The number of aliphatic carboxylic acids is 1. The highest BCUT2D eigenvalue weighted by Crippen LogP contribution is 2.30. The second kappa shape index (κ2) is 4.44. The SMILES string of the molecule is Cc1oncc1C(=O)N1CCCC(C)(C(=O)O)C1. The smallest absolute Gasteiger partial charge is 0.311 e. The molecule has 1 aromatic heterocycles. The van der Waals surface area contributed by atoms with Crippen LogP contribution >= 0.6 is 0 Å². The van der Waals surface area contributed by atoms with Gasteiger partial charge in [-0.2, -0.15) is 0 Å². The predicted molar refractivity (Wildman–Crippen MR) is 62.1 cm³/mol. The van der Waals surface area contributed by atoms with Crippen molar-refractivity contribution in [1.82, 2.24) is 10.1 Å². The summed E-state index contributed by atoms with van der Waals surface area (Å²) in [4.78, 5) is 25.0. The molecular formula is C12H16N2O4. The molecule has 1 fully saturated rings. The number of hydrogen-bond donors (Lipinski definition) is 1. The van der Waals surface area contributed by atoms with Crippen molar-refractivity contribution in [2.75, 3.05) is 13.1 Å². The average Bonchev–Trinajstić information content (AvgIpc) is 2.74. The van der Waals surface area contributed by atoms with Crippen molar-refractivity contribution in [1.29, 1.82) is 0 Å². The highest BCUT2D eigenvalue weighted by atomic mass is 16.5. The topological polar surface area (TPSA) is 83.6 Å². The molecule has 1 N–H and O–H groups in total. The summed E-state index contributed by atoms with van der Waals surface area (Å²) < 4.78 is 4.86. The van der Waals surface area contributed by atoms with Crippen LogP contribution in [0.5, 0.6) is 0 Å². The highest BCUT2D eigenvalue weighted by molar-refractivity contribution is 5.95. The van der Waals surface area contributed by atoms with Crippen LogP contribution < -0.4 is 0 Å². The fourth-order valence-corrected chi connectivity index (χ4v) is 2.26. The number of carbonyl (C=O) groups is 2. The molecule has 1 amide bonds. The van der Waals surface area contributed by atoms with Gasteiger partial charge in [-0.1, -0.05) is 5.16 Å². The van der Waals surface area contributed by atoms with Crippen LogP contribution in [0.3, 0.4) is 0 Å². The molecule has 1 unspecified atom stereocenters. The number of hydrogen-bond acceptors (Lipinski definition) is 4. The van der Waals surface area contributed by atoms with Gasteiger partial charge >= 0.3 is 5.97 Å². The van der Waals surface area contributed by atoms with Gasteiger partial charge < -0.3 is 14.5 Å². The normalized spacial score (nSPS) is 24.0. The van der Waals surface area contributed by atoms with E-state index >= 15 is 0 Å². The second-order valence-electron chi connectivity index (χ2n) is 4.99. The number of aryl methyl sites for hydroxylation is 1. The van der Waals surface area contributed by atoms with Gasteiger partial charge in [0.2, 0.25) is 0 Å². The van der Waals surface area contributed by atoms with Crippen LogP contribution in [0.15, 0.2) is 10.7 Å². The van der Waals surface area contributed by atoms with E-state index in [4.69, 9.17) is 4.52 Å². The van der Waals surface area contributed by atoms with E-state index < -0.39 is 11.4 Å². The quantitative estimate of drug-likeness (QED) is 0.857. The van der Waals surface area contributed by atoms with Gasteiger partial charge in [0.05, 0.1) is 11.6 Å². The lowest BCUT2D eigenvalue weighted by Crippen LogP contribution is -2.48. The molecule has 0 bridgehead atoms. The average molecular weight is 252 g/mol. The third-order valence-electron chi connectivity index (χ3n) is 3.48. The molecule has 1 atom stereocenters. The Balaban J connectivity index is 2.17. The number of aromatic nitrogens is 1. The standard InChI is InChI=1S/C12H16N2O4/c1-8-9(6-13-18-8)10(15)14-5-3-4-12(2,7-14)11(16)17/h6H,3-5,7H2,1-2H3,(H,16,17). The third kappa shape index (κ3) is 2.10. The first-order valence-electron chi connectivity index (χ1n) is 5.88. The van der Waals surface area contributed by atoms with Crippen molar-refractivity contribution in [3.05, 3.63) is 17.5 Å². The molecule has 18 heavy (non-hydrogen) atoms. The van der Waals surface area contributed by atoms with Crippen molar-refractivity contribution < 1.29 is 19.2 Å². The molecule has 6 nitrogen and oxygen atoms in total. The van der Waals surface area contributed by atoms with Crippen LogP contribution in [0.4, 0.5) is 0 Å². The van der Waals surface area contributed by atoms with E-state index in [0.717, 1.165) is 0 Å². The molecule has 1 aliphatic rings. The van der Waals surface area contributed by atoms with Crippen molar-refractivity contribution in [2.24, 2.45) is 5.41 Å². The Labute approximate surface area is 105 Å². The predicted octanol–water partition coefficient (Wildman–Crippen LogP) is 1.31. The van der Waals surface area contributed by atoms with Crippen LogP contribution in [0.25, 0.3) is 0 Å². The molecule has 0 radical (unpaired) electrons. The van der Waals surface area contributed by atoms with Crippen LogP contribution in [-0.2, 0) is 4.79 Å². The largest absolute Gasteiger partial charge is 0.481 e. The fourth-order valence-electron chi connectivity index (χ4n) is 2.26.